The highest BCUT2D eigenvalue weighted by Gasteiger charge is 2.17. The summed E-state index contributed by atoms with van der Waals surface area (Å²) in [6, 6.07) is 3.96. The molecule has 5 nitrogen and oxygen atoms in total. The highest BCUT2D eigenvalue weighted by Crippen LogP contribution is 2.30. The zero-order valence-electron chi connectivity index (χ0n) is 10.9. The van der Waals surface area contributed by atoms with Crippen LogP contribution < -0.4 is 0 Å². The maximum absolute atomic E-state index is 5.91. The molecular formula is C13H17BrN4O. The fourth-order valence-corrected chi connectivity index (χ4v) is 2.84. The fourth-order valence-electron chi connectivity index (χ4n) is 2.29. The van der Waals surface area contributed by atoms with Crippen LogP contribution in [0, 0.1) is 0 Å². The van der Waals surface area contributed by atoms with E-state index in [0.29, 0.717) is 0 Å². The third-order valence-corrected chi connectivity index (χ3v) is 4.05. The van der Waals surface area contributed by atoms with Crippen LogP contribution in [-0.4, -0.2) is 53.2 Å². The lowest BCUT2D eigenvalue weighted by molar-refractivity contribution is 0.140. The number of likely N-dealkylation sites (N-methyl/N-ethyl adjacent to an activating group) is 1. The Kier molecular flexibility index (Phi) is 3.72. The number of halogens is 1. The molecule has 2 aromatic rings. The Morgan fingerprint density at radius 1 is 1.37 bits per heavy atom. The normalized spacial score (nSPS) is 18.0. The molecule has 0 aliphatic carbocycles. The second kappa shape index (κ2) is 5.48. The van der Waals surface area contributed by atoms with E-state index < -0.39 is 0 Å². The smallest absolute Gasteiger partial charge is 0.166 e. The van der Waals surface area contributed by atoms with Crippen molar-refractivity contribution in [2.24, 2.45) is 0 Å². The molecule has 0 radical (unpaired) electrons. The number of aromatic amines is 1. The molecule has 2 aromatic heterocycles. The molecule has 6 heteroatoms. The number of nitrogens with one attached hydrogen (secondary N) is 1. The lowest BCUT2D eigenvalue weighted by Gasteiger charge is -2.31. The summed E-state index contributed by atoms with van der Waals surface area (Å²) >= 11 is 3.54. The van der Waals surface area contributed by atoms with E-state index in [1.54, 1.807) is 6.20 Å². The molecule has 1 aliphatic heterocycles. The van der Waals surface area contributed by atoms with Gasteiger partial charge >= 0.3 is 0 Å². The van der Waals surface area contributed by atoms with Crippen molar-refractivity contribution in [1.82, 2.24) is 20.0 Å². The lowest BCUT2D eigenvalue weighted by atomic mass is 10.3. The lowest BCUT2D eigenvalue weighted by Crippen LogP contribution is -2.43. The van der Waals surface area contributed by atoms with Crippen LogP contribution in [-0.2, 0) is 6.54 Å². The first kappa shape index (κ1) is 12.9. The van der Waals surface area contributed by atoms with Crippen LogP contribution in [0.4, 0.5) is 0 Å². The molecule has 0 spiro atoms. The number of piperazine rings is 1. The van der Waals surface area contributed by atoms with E-state index >= 15 is 0 Å². The quantitative estimate of drug-likeness (QED) is 0.940. The summed E-state index contributed by atoms with van der Waals surface area (Å²) in [5, 5.41) is 6.87. The SMILES string of the molecule is CN1CCN(Cc2cc(Br)c(-c3ccn[nH]3)o2)CC1. The summed E-state index contributed by atoms with van der Waals surface area (Å²) in [7, 11) is 2.16. The Morgan fingerprint density at radius 3 is 2.84 bits per heavy atom. The van der Waals surface area contributed by atoms with Crippen LogP contribution in [0.15, 0.2) is 27.2 Å². The van der Waals surface area contributed by atoms with E-state index in [0.717, 1.165) is 54.4 Å². The molecule has 0 unspecified atom stereocenters. The highest BCUT2D eigenvalue weighted by atomic mass is 79.9. The van der Waals surface area contributed by atoms with Gasteiger partial charge in [0.1, 0.15) is 11.5 Å². The molecule has 19 heavy (non-hydrogen) atoms. The van der Waals surface area contributed by atoms with Crippen molar-refractivity contribution in [3.05, 3.63) is 28.6 Å². The van der Waals surface area contributed by atoms with Crippen molar-refractivity contribution in [2.45, 2.75) is 6.54 Å². The van der Waals surface area contributed by atoms with Gasteiger partial charge in [0.15, 0.2) is 5.76 Å². The Labute approximate surface area is 120 Å². The van der Waals surface area contributed by atoms with Gasteiger partial charge in [0.05, 0.1) is 11.0 Å². The number of aromatic nitrogens is 2. The van der Waals surface area contributed by atoms with Crippen LogP contribution in [0.25, 0.3) is 11.5 Å². The third-order valence-electron chi connectivity index (χ3n) is 3.46. The first-order valence-corrected chi connectivity index (χ1v) is 7.20. The molecule has 1 saturated heterocycles. The monoisotopic (exact) mass is 324 g/mol. The van der Waals surface area contributed by atoms with E-state index in [9.17, 15) is 0 Å². The molecule has 0 bridgehead atoms. The maximum Gasteiger partial charge on any atom is 0.166 e. The average molecular weight is 325 g/mol. The largest absolute Gasteiger partial charge is 0.457 e. The van der Waals surface area contributed by atoms with Crippen molar-refractivity contribution in [3.8, 4) is 11.5 Å². The summed E-state index contributed by atoms with van der Waals surface area (Å²) in [5.41, 5.74) is 0.900. The Morgan fingerprint density at radius 2 is 2.16 bits per heavy atom. The molecule has 1 aliphatic rings. The van der Waals surface area contributed by atoms with Gasteiger partial charge in [-0.3, -0.25) is 10.00 Å². The van der Waals surface area contributed by atoms with Gasteiger partial charge < -0.3 is 9.32 Å². The maximum atomic E-state index is 5.91. The van der Waals surface area contributed by atoms with E-state index in [1.165, 1.54) is 0 Å². The van der Waals surface area contributed by atoms with Gasteiger partial charge in [-0.2, -0.15) is 5.10 Å². The number of H-pyrrole nitrogens is 1. The van der Waals surface area contributed by atoms with Crippen molar-refractivity contribution in [1.29, 1.82) is 0 Å². The van der Waals surface area contributed by atoms with E-state index in [1.807, 2.05) is 6.07 Å². The molecule has 102 valence electrons. The first-order valence-electron chi connectivity index (χ1n) is 6.41. The molecule has 1 fully saturated rings. The number of hydrogen-bond donors (Lipinski definition) is 1. The Balaban J connectivity index is 1.71. The minimum atomic E-state index is 0.821. The topological polar surface area (TPSA) is 48.3 Å². The molecule has 0 atom stereocenters. The van der Waals surface area contributed by atoms with Gasteiger partial charge in [0, 0.05) is 32.4 Å². The van der Waals surface area contributed by atoms with Gasteiger partial charge in [-0.05, 0) is 35.1 Å². The van der Waals surface area contributed by atoms with E-state index in [4.69, 9.17) is 4.42 Å². The van der Waals surface area contributed by atoms with Gasteiger partial charge in [-0.15, -0.1) is 0 Å². The average Bonchev–Trinajstić information content (AvgIpc) is 3.01. The van der Waals surface area contributed by atoms with Crippen LogP contribution in [0.3, 0.4) is 0 Å². The van der Waals surface area contributed by atoms with Crippen LogP contribution in [0.1, 0.15) is 5.76 Å². The summed E-state index contributed by atoms with van der Waals surface area (Å²) < 4.78 is 6.89. The van der Waals surface area contributed by atoms with Crippen molar-refractivity contribution in [3.63, 3.8) is 0 Å². The van der Waals surface area contributed by atoms with Crippen LogP contribution in [0.2, 0.25) is 0 Å². The van der Waals surface area contributed by atoms with Gasteiger partial charge in [-0.25, -0.2) is 0 Å². The fraction of sp³-hybridized carbons (Fsp3) is 0.462. The van der Waals surface area contributed by atoms with Crippen molar-refractivity contribution >= 4 is 15.9 Å². The zero-order chi connectivity index (χ0) is 13.2. The van der Waals surface area contributed by atoms with Crippen LogP contribution in [0.5, 0.6) is 0 Å². The second-order valence-electron chi connectivity index (χ2n) is 4.94. The molecule has 3 rings (SSSR count). The van der Waals surface area contributed by atoms with Gasteiger partial charge in [0.2, 0.25) is 0 Å². The molecule has 0 aromatic carbocycles. The third kappa shape index (κ3) is 2.91. The number of furan rings is 1. The molecule has 0 saturated carbocycles. The summed E-state index contributed by atoms with van der Waals surface area (Å²) in [6.07, 6.45) is 1.73. The number of rotatable bonds is 3. The van der Waals surface area contributed by atoms with Gasteiger partial charge in [-0.1, -0.05) is 0 Å². The minimum absolute atomic E-state index is 0.821. The van der Waals surface area contributed by atoms with E-state index in [-0.39, 0.29) is 0 Å². The minimum Gasteiger partial charge on any atom is -0.457 e. The van der Waals surface area contributed by atoms with Crippen molar-refractivity contribution < 1.29 is 4.42 Å². The Bertz CT molecular complexity index is 529. The predicted molar refractivity (Wildman–Crippen MR) is 76.8 cm³/mol. The van der Waals surface area contributed by atoms with Crippen LogP contribution >= 0.6 is 15.9 Å². The van der Waals surface area contributed by atoms with E-state index in [2.05, 4.69) is 49.0 Å². The second-order valence-corrected chi connectivity index (χ2v) is 5.79. The predicted octanol–water partition coefficient (Wildman–Crippen LogP) is 2.18. The molecular weight excluding hydrogens is 308 g/mol. The molecule has 1 N–H and O–H groups in total. The highest BCUT2D eigenvalue weighted by molar-refractivity contribution is 9.10. The standard InChI is InChI=1S/C13H17BrN4O/c1-17-4-6-18(7-5-17)9-10-8-11(14)13(19-10)12-2-3-15-16-12/h2-3,8H,4-7,9H2,1H3,(H,15,16). The summed E-state index contributed by atoms with van der Waals surface area (Å²) in [4.78, 5) is 4.77. The van der Waals surface area contributed by atoms with Gasteiger partial charge in [0.25, 0.3) is 0 Å². The van der Waals surface area contributed by atoms with Crippen molar-refractivity contribution in [2.75, 3.05) is 33.2 Å². The summed E-state index contributed by atoms with van der Waals surface area (Å²) in [5.74, 6) is 1.81. The summed E-state index contributed by atoms with van der Waals surface area (Å²) in [6.45, 7) is 5.29. The Hall–Kier alpha value is -1.11. The first-order chi connectivity index (χ1) is 9.22. The molecule has 0 amide bonds. The number of nitrogens with zero attached hydrogens (tertiary/aromatic N) is 3. The zero-order valence-corrected chi connectivity index (χ0v) is 12.5. The molecule has 3 heterocycles. The number of hydrogen-bond acceptors (Lipinski definition) is 4.